The van der Waals surface area contributed by atoms with Gasteiger partial charge in [-0.15, -0.1) is 0 Å². The van der Waals surface area contributed by atoms with Crippen LogP contribution >= 0.6 is 0 Å². The number of hydrogen-bond donors (Lipinski definition) is 1. The zero-order chi connectivity index (χ0) is 18.1. The van der Waals surface area contributed by atoms with Gasteiger partial charge in [0.2, 0.25) is 17.7 Å². The van der Waals surface area contributed by atoms with Crippen LogP contribution in [-0.2, 0) is 20.9 Å². The first-order valence-electron chi connectivity index (χ1n) is 9.22. The molecule has 138 valence electrons. The normalized spacial score (nSPS) is 19.6. The van der Waals surface area contributed by atoms with Crippen molar-refractivity contribution in [3.05, 3.63) is 23.8 Å². The van der Waals surface area contributed by atoms with Gasteiger partial charge in [-0.25, -0.2) is 0 Å². The van der Waals surface area contributed by atoms with Crippen molar-refractivity contribution in [2.45, 2.75) is 32.2 Å². The summed E-state index contributed by atoms with van der Waals surface area (Å²) in [5.74, 6) is 0.919. The average Bonchev–Trinajstić information content (AvgIpc) is 3.42. The number of anilines is 1. The van der Waals surface area contributed by atoms with Crippen LogP contribution in [0.25, 0.3) is 0 Å². The molecule has 2 fully saturated rings. The molecule has 1 aromatic carbocycles. The topological polar surface area (TPSA) is 79.0 Å². The van der Waals surface area contributed by atoms with E-state index in [0.29, 0.717) is 32.7 Å². The molecular formula is C19H23N3O4. The zero-order valence-corrected chi connectivity index (χ0v) is 14.7. The Morgan fingerprint density at radius 1 is 1.23 bits per heavy atom. The minimum Gasteiger partial charge on any atom is -0.491 e. The molecule has 2 heterocycles. The van der Waals surface area contributed by atoms with Crippen LogP contribution in [0.2, 0.25) is 0 Å². The summed E-state index contributed by atoms with van der Waals surface area (Å²) in [5, 5.41) is 2.93. The van der Waals surface area contributed by atoms with Crippen LogP contribution < -0.4 is 10.1 Å². The standard InChI is InChI=1S/C19H23N3O4/c23-17-2-1-7-21(17)12-18(24)22-8-9-26-16-6-5-15(10-14(16)11-22)20-19(25)13-3-4-13/h5-6,10,13H,1-4,7-9,11-12H2,(H,20,25). The molecule has 7 nitrogen and oxygen atoms in total. The first-order valence-corrected chi connectivity index (χ1v) is 9.22. The van der Waals surface area contributed by atoms with Gasteiger partial charge in [0, 0.05) is 36.7 Å². The van der Waals surface area contributed by atoms with E-state index in [1.807, 2.05) is 18.2 Å². The Kier molecular flexibility index (Phi) is 4.53. The lowest BCUT2D eigenvalue weighted by molar-refractivity contribution is -0.138. The Bertz CT molecular complexity index is 744. The summed E-state index contributed by atoms with van der Waals surface area (Å²) in [7, 11) is 0. The maximum atomic E-state index is 12.6. The van der Waals surface area contributed by atoms with Crippen LogP contribution in [0.1, 0.15) is 31.2 Å². The first kappa shape index (κ1) is 16.9. The van der Waals surface area contributed by atoms with Crippen LogP contribution in [0.5, 0.6) is 5.75 Å². The van der Waals surface area contributed by atoms with Gasteiger partial charge in [0.25, 0.3) is 0 Å². The lowest BCUT2D eigenvalue weighted by atomic mass is 10.1. The Morgan fingerprint density at radius 3 is 2.81 bits per heavy atom. The lowest BCUT2D eigenvalue weighted by Gasteiger charge is -2.23. The summed E-state index contributed by atoms with van der Waals surface area (Å²) < 4.78 is 5.75. The third-order valence-corrected chi connectivity index (χ3v) is 5.11. The van der Waals surface area contributed by atoms with E-state index in [0.717, 1.165) is 36.3 Å². The van der Waals surface area contributed by atoms with E-state index in [9.17, 15) is 14.4 Å². The Morgan fingerprint density at radius 2 is 2.08 bits per heavy atom. The molecule has 7 heteroatoms. The molecule has 0 spiro atoms. The molecule has 1 aliphatic carbocycles. The van der Waals surface area contributed by atoms with Gasteiger partial charge < -0.3 is 19.9 Å². The number of nitrogens with zero attached hydrogens (tertiary/aromatic N) is 2. The molecule has 1 saturated carbocycles. The quantitative estimate of drug-likeness (QED) is 0.883. The first-order chi connectivity index (χ1) is 12.6. The molecule has 2 aliphatic heterocycles. The van der Waals surface area contributed by atoms with Crippen molar-refractivity contribution >= 4 is 23.4 Å². The second-order valence-electron chi connectivity index (χ2n) is 7.17. The predicted molar refractivity (Wildman–Crippen MR) is 94.5 cm³/mol. The summed E-state index contributed by atoms with van der Waals surface area (Å²) in [5.41, 5.74) is 1.60. The van der Waals surface area contributed by atoms with Crippen molar-refractivity contribution in [2.24, 2.45) is 5.92 Å². The number of likely N-dealkylation sites (tertiary alicyclic amines) is 1. The SMILES string of the molecule is O=C(Nc1ccc2c(c1)CN(C(=O)CN1CCCC1=O)CCO2)C1CC1. The van der Waals surface area contributed by atoms with E-state index in [2.05, 4.69) is 5.32 Å². The lowest BCUT2D eigenvalue weighted by Crippen LogP contribution is -2.41. The minimum absolute atomic E-state index is 0.0508. The molecule has 1 saturated heterocycles. The number of carbonyl (C=O) groups is 3. The number of fused-ring (bicyclic) bond motifs is 1. The van der Waals surface area contributed by atoms with Crippen molar-refractivity contribution in [1.82, 2.24) is 9.80 Å². The smallest absolute Gasteiger partial charge is 0.242 e. The van der Waals surface area contributed by atoms with E-state index in [4.69, 9.17) is 4.74 Å². The number of hydrogen-bond acceptors (Lipinski definition) is 4. The molecule has 0 aromatic heterocycles. The summed E-state index contributed by atoms with van der Waals surface area (Å²) in [4.78, 5) is 39.7. The van der Waals surface area contributed by atoms with Gasteiger partial charge in [-0.05, 0) is 37.5 Å². The van der Waals surface area contributed by atoms with E-state index in [-0.39, 0.29) is 30.2 Å². The largest absolute Gasteiger partial charge is 0.491 e. The summed E-state index contributed by atoms with van der Waals surface area (Å²) in [6.45, 7) is 2.11. The predicted octanol–water partition coefficient (Wildman–Crippen LogP) is 1.38. The fourth-order valence-corrected chi connectivity index (χ4v) is 3.41. The van der Waals surface area contributed by atoms with E-state index >= 15 is 0 Å². The van der Waals surface area contributed by atoms with Gasteiger partial charge in [0.15, 0.2) is 0 Å². The van der Waals surface area contributed by atoms with Crippen LogP contribution in [0.4, 0.5) is 5.69 Å². The fraction of sp³-hybridized carbons (Fsp3) is 0.526. The van der Waals surface area contributed by atoms with Crippen LogP contribution in [0, 0.1) is 5.92 Å². The van der Waals surface area contributed by atoms with Gasteiger partial charge in [-0.3, -0.25) is 14.4 Å². The second kappa shape index (κ2) is 6.97. The average molecular weight is 357 g/mol. The number of benzene rings is 1. The zero-order valence-electron chi connectivity index (χ0n) is 14.7. The molecular weight excluding hydrogens is 334 g/mol. The van der Waals surface area contributed by atoms with Crippen molar-refractivity contribution in [1.29, 1.82) is 0 Å². The molecule has 1 N–H and O–H groups in total. The fourth-order valence-electron chi connectivity index (χ4n) is 3.41. The van der Waals surface area contributed by atoms with Crippen molar-refractivity contribution in [2.75, 3.05) is 31.6 Å². The van der Waals surface area contributed by atoms with Crippen LogP contribution in [-0.4, -0.2) is 53.8 Å². The highest BCUT2D eigenvalue weighted by molar-refractivity contribution is 5.94. The molecule has 0 radical (unpaired) electrons. The summed E-state index contributed by atoms with van der Waals surface area (Å²) >= 11 is 0. The van der Waals surface area contributed by atoms with E-state index in [1.165, 1.54) is 0 Å². The number of ether oxygens (including phenoxy) is 1. The number of amides is 3. The molecule has 0 unspecified atom stereocenters. The van der Waals surface area contributed by atoms with Crippen molar-refractivity contribution in [3.8, 4) is 5.75 Å². The molecule has 0 atom stereocenters. The van der Waals surface area contributed by atoms with Crippen molar-refractivity contribution in [3.63, 3.8) is 0 Å². The minimum atomic E-state index is -0.0656. The molecule has 1 aromatic rings. The molecule has 4 rings (SSSR count). The maximum absolute atomic E-state index is 12.6. The Hall–Kier alpha value is -2.57. The molecule has 26 heavy (non-hydrogen) atoms. The monoisotopic (exact) mass is 357 g/mol. The van der Waals surface area contributed by atoms with E-state index < -0.39 is 0 Å². The second-order valence-corrected chi connectivity index (χ2v) is 7.17. The van der Waals surface area contributed by atoms with Gasteiger partial charge >= 0.3 is 0 Å². The third-order valence-electron chi connectivity index (χ3n) is 5.11. The Labute approximate surface area is 152 Å². The molecule has 3 amide bonds. The number of nitrogens with one attached hydrogen (secondary N) is 1. The third kappa shape index (κ3) is 3.66. The molecule has 0 bridgehead atoms. The molecule has 3 aliphatic rings. The van der Waals surface area contributed by atoms with E-state index in [1.54, 1.807) is 9.80 Å². The van der Waals surface area contributed by atoms with Gasteiger partial charge in [0.1, 0.15) is 12.4 Å². The highest BCUT2D eigenvalue weighted by atomic mass is 16.5. The van der Waals surface area contributed by atoms with Gasteiger partial charge in [0.05, 0.1) is 13.1 Å². The van der Waals surface area contributed by atoms with Crippen LogP contribution in [0.15, 0.2) is 18.2 Å². The summed E-state index contributed by atoms with van der Waals surface area (Å²) in [6, 6.07) is 5.55. The number of rotatable bonds is 4. The van der Waals surface area contributed by atoms with Crippen molar-refractivity contribution < 1.29 is 19.1 Å². The highest BCUT2D eigenvalue weighted by Crippen LogP contribution is 2.31. The maximum Gasteiger partial charge on any atom is 0.242 e. The summed E-state index contributed by atoms with van der Waals surface area (Å²) in [6.07, 6.45) is 3.26. The van der Waals surface area contributed by atoms with Gasteiger partial charge in [-0.2, -0.15) is 0 Å². The van der Waals surface area contributed by atoms with Crippen LogP contribution in [0.3, 0.4) is 0 Å². The van der Waals surface area contributed by atoms with Gasteiger partial charge in [-0.1, -0.05) is 0 Å². The number of carbonyl (C=O) groups excluding carboxylic acids is 3. The highest BCUT2D eigenvalue weighted by Gasteiger charge is 2.30. The Balaban J connectivity index is 1.44.